The fourth-order valence-corrected chi connectivity index (χ4v) is 2.66. The molecule has 0 bridgehead atoms. The highest BCUT2D eigenvalue weighted by molar-refractivity contribution is 4.95. The van der Waals surface area contributed by atoms with E-state index >= 15 is 0 Å². The summed E-state index contributed by atoms with van der Waals surface area (Å²) in [5.41, 5.74) is 0.670. The molecule has 2 nitrogen and oxygen atoms in total. The van der Waals surface area contributed by atoms with Crippen molar-refractivity contribution in [3.05, 3.63) is 0 Å². The van der Waals surface area contributed by atoms with Crippen molar-refractivity contribution >= 4 is 0 Å². The summed E-state index contributed by atoms with van der Waals surface area (Å²) in [5, 5.41) is 3.66. The van der Waals surface area contributed by atoms with Gasteiger partial charge >= 0.3 is 0 Å². The van der Waals surface area contributed by atoms with E-state index in [0.29, 0.717) is 5.41 Å². The SMILES string of the molecule is CCC1CN(CC2(C)CC2)C(CC)CN1. The smallest absolute Gasteiger partial charge is 0.0219 e. The molecule has 2 fully saturated rings. The molecule has 1 heterocycles. The van der Waals surface area contributed by atoms with Crippen molar-refractivity contribution in [2.24, 2.45) is 5.41 Å². The maximum Gasteiger partial charge on any atom is 0.0219 e. The molecule has 2 atom stereocenters. The molecule has 88 valence electrons. The Morgan fingerprint density at radius 1 is 1.27 bits per heavy atom. The summed E-state index contributed by atoms with van der Waals surface area (Å²) < 4.78 is 0. The normalized spacial score (nSPS) is 35.4. The number of piperazine rings is 1. The molecule has 0 spiro atoms. The van der Waals surface area contributed by atoms with Gasteiger partial charge in [-0.15, -0.1) is 0 Å². The first-order valence-corrected chi connectivity index (χ1v) is 6.64. The summed E-state index contributed by atoms with van der Waals surface area (Å²) in [6.45, 7) is 10.9. The largest absolute Gasteiger partial charge is 0.311 e. The lowest BCUT2D eigenvalue weighted by Crippen LogP contribution is -2.57. The molecule has 2 heteroatoms. The lowest BCUT2D eigenvalue weighted by molar-refractivity contribution is 0.103. The Morgan fingerprint density at radius 3 is 2.53 bits per heavy atom. The molecule has 0 aromatic rings. The first-order valence-electron chi connectivity index (χ1n) is 6.64. The number of nitrogens with zero attached hydrogens (tertiary/aromatic N) is 1. The maximum absolute atomic E-state index is 3.66. The van der Waals surface area contributed by atoms with Crippen LogP contribution in [0.5, 0.6) is 0 Å². The molecule has 2 rings (SSSR count). The second-order valence-electron chi connectivity index (χ2n) is 5.82. The van der Waals surface area contributed by atoms with E-state index in [2.05, 4.69) is 31.0 Å². The summed E-state index contributed by atoms with van der Waals surface area (Å²) >= 11 is 0. The third-order valence-electron chi connectivity index (χ3n) is 4.27. The zero-order valence-electron chi connectivity index (χ0n) is 10.6. The molecule has 15 heavy (non-hydrogen) atoms. The Labute approximate surface area is 94.4 Å². The topological polar surface area (TPSA) is 15.3 Å². The van der Waals surface area contributed by atoms with Gasteiger partial charge in [0.1, 0.15) is 0 Å². The van der Waals surface area contributed by atoms with Gasteiger partial charge in [0.2, 0.25) is 0 Å². The molecule has 0 amide bonds. The van der Waals surface area contributed by atoms with Crippen LogP contribution in [0.1, 0.15) is 46.5 Å². The van der Waals surface area contributed by atoms with Crippen LogP contribution in [0.3, 0.4) is 0 Å². The van der Waals surface area contributed by atoms with E-state index in [9.17, 15) is 0 Å². The Kier molecular flexibility index (Phi) is 3.36. The molecule has 0 aromatic carbocycles. The van der Waals surface area contributed by atoms with Crippen LogP contribution in [0, 0.1) is 5.41 Å². The predicted molar refractivity (Wildman–Crippen MR) is 65.1 cm³/mol. The van der Waals surface area contributed by atoms with E-state index in [1.165, 1.54) is 45.3 Å². The second-order valence-corrected chi connectivity index (χ2v) is 5.82. The molecule has 2 aliphatic rings. The van der Waals surface area contributed by atoms with Gasteiger partial charge in [-0.2, -0.15) is 0 Å². The van der Waals surface area contributed by atoms with Gasteiger partial charge in [-0.1, -0.05) is 20.8 Å². The van der Waals surface area contributed by atoms with Crippen LogP contribution in [-0.2, 0) is 0 Å². The minimum atomic E-state index is 0.670. The lowest BCUT2D eigenvalue weighted by Gasteiger charge is -2.41. The van der Waals surface area contributed by atoms with Crippen molar-refractivity contribution in [3.63, 3.8) is 0 Å². The summed E-state index contributed by atoms with van der Waals surface area (Å²) in [7, 11) is 0. The third kappa shape index (κ3) is 2.73. The van der Waals surface area contributed by atoms with Crippen molar-refractivity contribution in [3.8, 4) is 0 Å². The summed E-state index contributed by atoms with van der Waals surface area (Å²) in [6.07, 6.45) is 5.46. The van der Waals surface area contributed by atoms with Gasteiger partial charge in [-0.3, -0.25) is 4.90 Å². The van der Waals surface area contributed by atoms with Crippen LogP contribution in [0.25, 0.3) is 0 Å². The van der Waals surface area contributed by atoms with Gasteiger partial charge < -0.3 is 5.32 Å². The fourth-order valence-electron chi connectivity index (χ4n) is 2.66. The van der Waals surface area contributed by atoms with Gasteiger partial charge in [-0.25, -0.2) is 0 Å². The van der Waals surface area contributed by atoms with Gasteiger partial charge in [0.15, 0.2) is 0 Å². The Morgan fingerprint density at radius 2 is 2.00 bits per heavy atom. The Bertz CT molecular complexity index is 211. The molecule has 1 aliphatic heterocycles. The average molecular weight is 210 g/mol. The van der Waals surface area contributed by atoms with Gasteiger partial charge in [0.05, 0.1) is 0 Å². The maximum atomic E-state index is 3.66. The van der Waals surface area contributed by atoms with Crippen molar-refractivity contribution < 1.29 is 0 Å². The number of rotatable bonds is 4. The van der Waals surface area contributed by atoms with Crippen LogP contribution in [-0.4, -0.2) is 36.6 Å². The number of hydrogen-bond donors (Lipinski definition) is 1. The van der Waals surface area contributed by atoms with Gasteiger partial charge in [0.25, 0.3) is 0 Å². The van der Waals surface area contributed by atoms with Crippen molar-refractivity contribution in [1.82, 2.24) is 10.2 Å². The summed E-state index contributed by atoms with van der Waals surface area (Å²) in [4.78, 5) is 2.75. The first kappa shape index (κ1) is 11.4. The van der Waals surface area contributed by atoms with Gasteiger partial charge in [0, 0.05) is 31.7 Å². The van der Waals surface area contributed by atoms with Crippen LogP contribution in [0.2, 0.25) is 0 Å². The second kappa shape index (κ2) is 4.42. The molecule has 0 aromatic heterocycles. The molecule has 2 unspecified atom stereocenters. The molecule has 1 N–H and O–H groups in total. The molecular formula is C13H26N2. The highest BCUT2D eigenvalue weighted by Gasteiger charge is 2.41. The number of hydrogen-bond acceptors (Lipinski definition) is 2. The minimum absolute atomic E-state index is 0.670. The molecule has 1 aliphatic carbocycles. The first-order chi connectivity index (χ1) is 7.17. The van der Waals surface area contributed by atoms with Gasteiger partial charge in [-0.05, 0) is 31.1 Å². The van der Waals surface area contributed by atoms with E-state index < -0.39 is 0 Å². The fraction of sp³-hybridized carbons (Fsp3) is 1.00. The van der Waals surface area contributed by atoms with Crippen molar-refractivity contribution in [1.29, 1.82) is 0 Å². The standard InChI is InChI=1S/C13H26N2/c1-4-11-9-15(10-13(3)6-7-13)12(5-2)8-14-11/h11-12,14H,4-10H2,1-3H3. The van der Waals surface area contributed by atoms with Crippen molar-refractivity contribution in [2.75, 3.05) is 19.6 Å². The monoisotopic (exact) mass is 210 g/mol. The van der Waals surface area contributed by atoms with E-state index in [-0.39, 0.29) is 0 Å². The van der Waals surface area contributed by atoms with Crippen LogP contribution in [0.4, 0.5) is 0 Å². The van der Waals surface area contributed by atoms with E-state index in [0.717, 1.165) is 12.1 Å². The minimum Gasteiger partial charge on any atom is -0.311 e. The lowest BCUT2D eigenvalue weighted by atomic mass is 10.0. The predicted octanol–water partition coefficient (Wildman–Crippen LogP) is 2.25. The summed E-state index contributed by atoms with van der Waals surface area (Å²) in [5.74, 6) is 0. The van der Waals surface area contributed by atoms with E-state index in [1.54, 1.807) is 0 Å². The number of nitrogens with one attached hydrogen (secondary N) is 1. The van der Waals surface area contributed by atoms with E-state index in [1.807, 2.05) is 0 Å². The van der Waals surface area contributed by atoms with Crippen molar-refractivity contribution in [2.45, 2.75) is 58.5 Å². The zero-order valence-corrected chi connectivity index (χ0v) is 10.6. The highest BCUT2D eigenvalue weighted by atomic mass is 15.2. The average Bonchev–Trinajstić information content (AvgIpc) is 2.96. The molecule has 1 saturated carbocycles. The third-order valence-corrected chi connectivity index (χ3v) is 4.27. The summed E-state index contributed by atoms with van der Waals surface area (Å²) in [6, 6.07) is 1.51. The van der Waals surface area contributed by atoms with Crippen LogP contribution < -0.4 is 5.32 Å². The Hall–Kier alpha value is -0.0800. The molecule has 0 radical (unpaired) electrons. The highest BCUT2D eigenvalue weighted by Crippen LogP contribution is 2.46. The van der Waals surface area contributed by atoms with Crippen LogP contribution in [0.15, 0.2) is 0 Å². The van der Waals surface area contributed by atoms with Crippen LogP contribution >= 0.6 is 0 Å². The zero-order chi connectivity index (χ0) is 10.9. The molecule has 1 saturated heterocycles. The van der Waals surface area contributed by atoms with E-state index in [4.69, 9.17) is 0 Å². The quantitative estimate of drug-likeness (QED) is 0.765. The Balaban J connectivity index is 1.91. The molecular weight excluding hydrogens is 184 g/mol.